The predicted octanol–water partition coefficient (Wildman–Crippen LogP) is 0.933. The molecule has 4 nitrogen and oxygen atoms in total. The Kier molecular flexibility index (Phi) is 5.18. The highest BCUT2D eigenvalue weighted by molar-refractivity contribution is 4.90. The second-order valence-electron chi connectivity index (χ2n) is 5.19. The summed E-state index contributed by atoms with van der Waals surface area (Å²) < 4.78 is 10.7. The highest BCUT2D eigenvalue weighted by Crippen LogP contribution is 2.21. The Morgan fingerprint density at radius 2 is 2.00 bits per heavy atom. The number of hydrogen-bond acceptors (Lipinski definition) is 4. The molecule has 0 aliphatic carbocycles. The monoisotopic (exact) mass is 231 g/mol. The van der Waals surface area contributed by atoms with Crippen molar-refractivity contribution in [2.75, 3.05) is 33.5 Å². The van der Waals surface area contributed by atoms with Gasteiger partial charge in [-0.15, -0.1) is 0 Å². The van der Waals surface area contributed by atoms with Crippen molar-refractivity contribution in [3.05, 3.63) is 0 Å². The molecule has 0 radical (unpaired) electrons. The van der Waals surface area contributed by atoms with Crippen molar-refractivity contribution in [1.82, 2.24) is 5.32 Å². The van der Waals surface area contributed by atoms with E-state index in [9.17, 15) is 5.11 Å². The van der Waals surface area contributed by atoms with Gasteiger partial charge >= 0.3 is 0 Å². The van der Waals surface area contributed by atoms with E-state index in [-0.39, 0.29) is 17.7 Å². The normalized spacial score (nSPS) is 21.0. The van der Waals surface area contributed by atoms with Crippen LogP contribution < -0.4 is 5.32 Å². The highest BCUT2D eigenvalue weighted by atomic mass is 16.5. The first-order valence-corrected chi connectivity index (χ1v) is 6.02. The van der Waals surface area contributed by atoms with Gasteiger partial charge in [0.2, 0.25) is 0 Å². The molecule has 1 fully saturated rings. The van der Waals surface area contributed by atoms with Crippen molar-refractivity contribution in [3.8, 4) is 0 Å². The lowest BCUT2D eigenvalue weighted by molar-refractivity contribution is -0.00347. The van der Waals surface area contributed by atoms with Crippen molar-refractivity contribution < 1.29 is 14.6 Å². The molecule has 0 aromatic carbocycles. The van der Waals surface area contributed by atoms with Gasteiger partial charge in [0.25, 0.3) is 0 Å². The fourth-order valence-corrected chi connectivity index (χ4v) is 1.88. The number of aliphatic hydroxyl groups is 1. The van der Waals surface area contributed by atoms with Crippen molar-refractivity contribution in [1.29, 1.82) is 0 Å². The van der Waals surface area contributed by atoms with Gasteiger partial charge in [0, 0.05) is 25.9 Å². The summed E-state index contributed by atoms with van der Waals surface area (Å²) >= 11 is 0. The number of rotatable bonds is 6. The van der Waals surface area contributed by atoms with E-state index in [0.717, 1.165) is 39.0 Å². The second-order valence-corrected chi connectivity index (χ2v) is 5.19. The molecule has 0 saturated carbocycles. The van der Waals surface area contributed by atoms with Crippen LogP contribution in [0.1, 0.15) is 33.1 Å². The van der Waals surface area contributed by atoms with Crippen molar-refractivity contribution in [2.45, 2.75) is 44.2 Å². The number of methoxy groups -OCH3 is 1. The predicted molar refractivity (Wildman–Crippen MR) is 63.6 cm³/mol. The minimum atomic E-state index is -0.137. The molecule has 1 aliphatic heterocycles. The second kappa shape index (κ2) is 5.96. The molecule has 1 aliphatic rings. The van der Waals surface area contributed by atoms with E-state index >= 15 is 0 Å². The Morgan fingerprint density at radius 1 is 1.38 bits per heavy atom. The average molecular weight is 231 g/mol. The first-order chi connectivity index (χ1) is 7.54. The molecule has 0 unspecified atom stereocenters. The Labute approximate surface area is 98.3 Å². The standard InChI is InChI=1S/C12H25NO3/c1-11(2,15-3)4-7-13-12(10-14)5-8-16-9-6-12/h13-14H,4-10H2,1-3H3. The maximum absolute atomic E-state index is 9.48. The quantitative estimate of drug-likeness (QED) is 0.714. The van der Waals surface area contributed by atoms with Crippen LogP contribution in [-0.4, -0.2) is 49.7 Å². The summed E-state index contributed by atoms with van der Waals surface area (Å²) in [7, 11) is 1.73. The number of hydrogen-bond donors (Lipinski definition) is 2. The molecule has 2 N–H and O–H groups in total. The molecule has 1 heterocycles. The molecule has 0 atom stereocenters. The van der Waals surface area contributed by atoms with E-state index in [0.29, 0.717) is 0 Å². The molecule has 96 valence electrons. The van der Waals surface area contributed by atoms with Crippen LogP contribution in [0.4, 0.5) is 0 Å². The largest absolute Gasteiger partial charge is 0.394 e. The molecule has 16 heavy (non-hydrogen) atoms. The maximum Gasteiger partial charge on any atom is 0.0634 e. The molecule has 1 saturated heterocycles. The Hall–Kier alpha value is -0.160. The molecular weight excluding hydrogens is 206 g/mol. The maximum atomic E-state index is 9.48. The lowest BCUT2D eigenvalue weighted by Crippen LogP contribution is -2.53. The molecule has 0 spiro atoms. The Morgan fingerprint density at radius 3 is 2.50 bits per heavy atom. The summed E-state index contributed by atoms with van der Waals surface area (Å²) in [6, 6.07) is 0. The van der Waals surface area contributed by atoms with Crippen molar-refractivity contribution in [2.24, 2.45) is 0 Å². The third-order valence-corrected chi connectivity index (χ3v) is 3.53. The fourth-order valence-electron chi connectivity index (χ4n) is 1.88. The minimum absolute atomic E-state index is 0.102. The Bertz CT molecular complexity index is 200. The van der Waals surface area contributed by atoms with Crippen LogP contribution in [0.2, 0.25) is 0 Å². The summed E-state index contributed by atoms with van der Waals surface area (Å²) in [4.78, 5) is 0. The van der Waals surface area contributed by atoms with E-state index in [2.05, 4.69) is 19.2 Å². The molecule has 4 heteroatoms. The lowest BCUT2D eigenvalue weighted by atomic mass is 9.90. The van der Waals surface area contributed by atoms with Crippen LogP contribution in [-0.2, 0) is 9.47 Å². The van der Waals surface area contributed by atoms with Crippen LogP contribution in [0.5, 0.6) is 0 Å². The summed E-state index contributed by atoms with van der Waals surface area (Å²) in [6.07, 6.45) is 2.71. The van der Waals surface area contributed by atoms with Crippen molar-refractivity contribution >= 4 is 0 Å². The molecule has 0 aromatic heterocycles. The molecular formula is C12H25NO3. The van der Waals surface area contributed by atoms with Gasteiger partial charge in [0.05, 0.1) is 12.2 Å². The average Bonchev–Trinajstić information content (AvgIpc) is 2.30. The molecule has 0 aromatic rings. The van der Waals surface area contributed by atoms with Crippen LogP contribution in [0.25, 0.3) is 0 Å². The lowest BCUT2D eigenvalue weighted by Gasteiger charge is -2.37. The van der Waals surface area contributed by atoms with Gasteiger partial charge in [-0.05, 0) is 39.7 Å². The van der Waals surface area contributed by atoms with Crippen LogP contribution in [0.3, 0.4) is 0 Å². The van der Waals surface area contributed by atoms with Gasteiger partial charge in [-0.1, -0.05) is 0 Å². The summed E-state index contributed by atoms with van der Waals surface area (Å²) in [5.41, 5.74) is -0.239. The SMILES string of the molecule is COC(C)(C)CCNC1(CO)CCOCC1. The van der Waals surface area contributed by atoms with Crippen molar-refractivity contribution in [3.63, 3.8) is 0 Å². The van der Waals surface area contributed by atoms with E-state index in [1.54, 1.807) is 7.11 Å². The zero-order valence-corrected chi connectivity index (χ0v) is 10.7. The number of nitrogens with one attached hydrogen (secondary N) is 1. The van der Waals surface area contributed by atoms with Gasteiger partial charge in [-0.25, -0.2) is 0 Å². The van der Waals surface area contributed by atoms with E-state index < -0.39 is 0 Å². The van der Waals surface area contributed by atoms with Crippen LogP contribution >= 0.6 is 0 Å². The highest BCUT2D eigenvalue weighted by Gasteiger charge is 2.31. The van der Waals surface area contributed by atoms with Crippen LogP contribution in [0, 0.1) is 0 Å². The first-order valence-electron chi connectivity index (χ1n) is 6.02. The number of aliphatic hydroxyl groups excluding tert-OH is 1. The number of ether oxygens (including phenoxy) is 2. The fraction of sp³-hybridized carbons (Fsp3) is 1.00. The van der Waals surface area contributed by atoms with E-state index in [1.807, 2.05) is 0 Å². The Balaban J connectivity index is 2.33. The molecule has 0 amide bonds. The molecule has 0 bridgehead atoms. The topological polar surface area (TPSA) is 50.7 Å². The minimum Gasteiger partial charge on any atom is -0.394 e. The summed E-state index contributed by atoms with van der Waals surface area (Å²) in [6.45, 7) is 6.67. The van der Waals surface area contributed by atoms with Gasteiger partial charge < -0.3 is 19.9 Å². The van der Waals surface area contributed by atoms with Crippen LogP contribution in [0.15, 0.2) is 0 Å². The zero-order valence-electron chi connectivity index (χ0n) is 10.7. The summed E-state index contributed by atoms with van der Waals surface area (Å²) in [5.74, 6) is 0. The van der Waals surface area contributed by atoms with Gasteiger partial charge in [0.15, 0.2) is 0 Å². The third-order valence-electron chi connectivity index (χ3n) is 3.53. The first kappa shape index (κ1) is 13.9. The van der Waals surface area contributed by atoms with Gasteiger partial charge in [-0.2, -0.15) is 0 Å². The van der Waals surface area contributed by atoms with E-state index in [1.165, 1.54) is 0 Å². The zero-order chi connectivity index (χ0) is 12.1. The third kappa shape index (κ3) is 4.01. The molecule has 1 rings (SSSR count). The van der Waals surface area contributed by atoms with E-state index in [4.69, 9.17) is 9.47 Å². The van der Waals surface area contributed by atoms with Gasteiger partial charge in [0.1, 0.15) is 0 Å². The smallest absolute Gasteiger partial charge is 0.0634 e. The summed E-state index contributed by atoms with van der Waals surface area (Å²) in [5, 5.41) is 12.9. The van der Waals surface area contributed by atoms with Gasteiger partial charge in [-0.3, -0.25) is 0 Å².